The summed E-state index contributed by atoms with van der Waals surface area (Å²) in [6, 6.07) is 3.25. The van der Waals surface area contributed by atoms with E-state index in [9.17, 15) is 9.50 Å². The van der Waals surface area contributed by atoms with Crippen LogP contribution in [0.25, 0.3) is 11.0 Å². The summed E-state index contributed by atoms with van der Waals surface area (Å²) in [6.07, 6.45) is 5.20. The van der Waals surface area contributed by atoms with Crippen LogP contribution in [0, 0.1) is 5.82 Å². The first-order valence-corrected chi connectivity index (χ1v) is 7.75. The van der Waals surface area contributed by atoms with Crippen molar-refractivity contribution in [1.82, 2.24) is 14.9 Å². The highest BCUT2D eigenvalue weighted by Crippen LogP contribution is 2.25. The van der Waals surface area contributed by atoms with E-state index in [0.29, 0.717) is 5.52 Å². The van der Waals surface area contributed by atoms with Crippen molar-refractivity contribution in [3.05, 3.63) is 29.3 Å². The lowest BCUT2D eigenvalue weighted by Gasteiger charge is -2.29. The third kappa shape index (κ3) is 3.05. The molecule has 0 saturated carbocycles. The maximum absolute atomic E-state index is 13.4. The van der Waals surface area contributed by atoms with Gasteiger partial charge in [-0.2, -0.15) is 0 Å². The third-order valence-electron chi connectivity index (χ3n) is 4.15. The molecule has 2 atom stereocenters. The Bertz CT molecular complexity index is 631. The van der Waals surface area contributed by atoms with Crippen LogP contribution in [0.2, 0.25) is 5.02 Å². The zero-order valence-electron chi connectivity index (χ0n) is 11.7. The van der Waals surface area contributed by atoms with Crippen molar-refractivity contribution in [2.45, 2.75) is 44.4 Å². The minimum absolute atomic E-state index is 0.0793. The van der Waals surface area contributed by atoms with E-state index in [2.05, 4.69) is 10.3 Å². The van der Waals surface area contributed by atoms with Gasteiger partial charge in [-0.05, 0) is 44.4 Å². The van der Waals surface area contributed by atoms with Gasteiger partial charge in [-0.25, -0.2) is 9.37 Å². The van der Waals surface area contributed by atoms with E-state index < -0.39 is 5.82 Å². The molecule has 0 spiro atoms. The Morgan fingerprint density at radius 2 is 2.33 bits per heavy atom. The quantitative estimate of drug-likeness (QED) is 0.913. The predicted octanol–water partition coefficient (Wildman–Crippen LogP) is 2.72. The lowest BCUT2D eigenvalue weighted by molar-refractivity contribution is 0.0909. The number of piperidine rings is 1. The SMILES string of the molecule is O[C@H]1CCCN[C@@H]1CCCn1cnc2c(Cl)c(F)ccc21. The van der Waals surface area contributed by atoms with Gasteiger partial charge in [0.1, 0.15) is 16.4 Å². The van der Waals surface area contributed by atoms with Crippen molar-refractivity contribution in [3.63, 3.8) is 0 Å². The third-order valence-corrected chi connectivity index (χ3v) is 4.50. The van der Waals surface area contributed by atoms with E-state index in [1.54, 1.807) is 12.4 Å². The Hall–Kier alpha value is -1.17. The van der Waals surface area contributed by atoms with Crippen LogP contribution in [-0.4, -0.2) is 33.3 Å². The Balaban J connectivity index is 1.64. The second-order valence-electron chi connectivity index (χ2n) is 5.58. The number of aliphatic hydroxyl groups excluding tert-OH is 1. The molecule has 2 aromatic rings. The van der Waals surface area contributed by atoms with Crippen LogP contribution >= 0.6 is 11.6 Å². The second kappa shape index (κ2) is 6.30. The van der Waals surface area contributed by atoms with Gasteiger partial charge in [-0.15, -0.1) is 0 Å². The van der Waals surface area contributed by atoms with Crippen LogP contribution in [-0.2, 0) is 6.54 Å². The lowest BCUT2D eigenvalue weighted by Crippen LogP contribution is -2.44. The van der Waals surface area contributed by atoms with Crippen LogP contribution in [0.5, 0.6) is 0 Å². The van der Waals surface area contributed by atoms with Crippen LogP contribution in [0.1, 0.15) is 25.7 Å². The van der Waals surface area contributed by atoms with Gasteiger partial charge in [-0.3, -0.25) is 0 Å². The number of nitrogens with zero attached hydrogens (tertiary/aromatic N) is 2. The summed E-state index contributed by atoms with van der Waals surface area (Å²) in [5.41, 5.74) is 1.35. The fourth-order valence-electron chi connectivity index (χ4n) is 2.96. The number of fused-ring (bicyclic) bond motifs is 1. The van der Waals surface area contributed by atoms with E-state index >= 15 is 0 Å². The summed E-state index contributed by atoms with van der Waals surface area (Å²) in [5.74, 6) is -0.441. The largest absolute Gasteiger partial charge is 0.392 e. The number of halogens is 2. The van der Waals surface area contributed by atoms with Gasteiger partial charge < -0.3 is 15.0 Å². The standard InChI is InChI=1S/C15H19ClFN3O/c16-14-10(17)5-6-12-15(14)19-9-20(12)8-2-3-11-13(21)4-1-7-18-11/h5-6,9,11,13,18,21H,1-4,7-8H2/t11-,13+/m1/s1. The number of imidazole rings is 1. The normalized spacial score (nSPS) is 22.8. The van der Waals surface area contributed by atoms with Gasteiger partial charge in [-0.1, -0.05) is 11.6 Å². The Morgan fingerprint density at radius 3 is 3.14 bits per heavy atom. The van der Waals surface area contributed by atoms with Crippen LogP contribution in [0.3, 0.4) is 0 Å². The van der Waals surface area contributed by atoms with Crippen molar-refractivity contribution >= 4 is 22.6 Å². The fraction of sp³-hybridized carbons (Fsp3) is 0.533. The molecule has 1 aromatic carbocycles. The molecule has 114 valence electrons. The molecule has 1 aliphatic heterocycles. The first-order chi connectivity index (χ1) is 10.2. The van der Waals surface area contributed by atoms with Gasteiger partial charge in [0, 0.05) is 12.6 Å². The maximum atomic E-state index is 13.4. The number of aromatic nitrogens is 2. The summed E-state index contributed by atoms with van der Waals surface area (Å²) >= 11 is 5.92. The zero-order valence-corrected chi connectivity index (χ0v) is 12.5. The van der Waals surface area contributed by atoms with Gasteiger partial charge in [0.2, 0.25) is 0 Å². The molecule has 0 aliphatic carbocycles. The van der Waals surface area contributed by atoms with Crippen molar-refractivity contribution in [2.75, 3.05) is 6.54 Å². The van der Waals surface area contributed by atoms with Crippen LogP contribution in [0.4, 0.5) is 4.39 Å². The van der Waals surface area contributed by atoms with Crippen LogP contribution in [0.15, 0.2) is 18.5 Å². The lowest BCUT2D eigenvalue weighted by atomic mass is 9.97. The average molecular weight is 312 g/mol. The van der Waals surface area contributed by atoms with Gasteiger partial charge in [0.25, 0.3) is 0 Å². The van der Waals surface area contributed by atoms with E-state index in [-0.39, 0.29) is 17.2 Å². The molecular formula is C15H19ClFN3O. The molecule has 2 N–H and O–H groups in total. The summed E-state index contributed by atoms with van der Waals surface area (Å²) in [7, 11) is 0. The topological polar surface area (TPSA) is 50.1 Å². The minimum Gasteiger partial charge on any atom is -0.392 e. The minimum atomic E-state index is -0.441. The van der Waals surface area contributed by atoms with Crippen molar-refractivity contribution in [3.8, 4) is 0 Å². The number of aliphatic hydroxyl groups is 1. The molecular weight excluding hydrogens is 293 g/mol. The fourth-order valence-corrected chi connectivity index (χ4v) is 3.17. The Morgan fingerprint density at radius 1 is 1.48 bits per heavy atom. The number of nitrogens with one attached hydrogen (secondary N) is 1. The molecule has 3 rings (SSSR count). The molecule has 0 amide bonds. The first kappa shape index (κ1) is 14.8. The summed E-state index contributed by atoms with van der Waals surface area (Å²) in [5, 5.41) is 13.4. The molecule has 0 radical (unpaired) electrons. The molecule has 1 aliphatic rings. The molecule has 0 bridgehead atoms. The molecule has 6 heteroatoms. The van der Waals surface area contributed by atoms with E-state index in [1.165, 1.54) is 6.07 Å². The maximum Gasteiger partial charge on any atom is 0.144 e. The molecule has 1 saturated heterocycles. The number of aryl methyl sites for hydroxylation is 1. The number of hydrogen-bond acceptors (Lipinski definition) is 3. The van der Waals surface area contributed by atoms with E-state index in [1.807, 2.05) is 4.57 Å². The summed E-state index contributed by atoms with van der Waals surface area (Å²) in [4.78, 5) is 4.19. The highest BCUT2D eigenvalue weighted by Gasteiger charge is 2.21. The first-order valence-electron chi connectivity index (χ1n) is 7.37. The molecule has 21 heavy (non-hydrogen) atoms. The average Bonchev–Trinajstić information content (AvgIpc) is 2.89. The number of rotatable bonds is 4. The second-order valence-corrected chi connectivity index (χ2v) is 5.96. The molecule has 4 nitrogen and oxygen atoms in total. The molecule has 0 unspecified atom stereocenters. The van der Waals surface area contributed by atoms with Gasteiger partial charge in [0.15, 0.2) is 0 Å². The van der Waals surface area contributed by atoms with Crippen LogP contribution < -0.4 is 5.32 Å². The number of hydrogen-bond donors (Lipinski definition) is 2. The highest BCUT2D eigenvalue weighted by molar-refractivity contribution is 6.35. The molecule has 1 aromatic heterocycles. The Labute approximate surface area is 127 Å². The Kier molecular flexibility index (Phi) is 4.42. The van der Waals surface area contributed by atoms with Gasteiger partial charge in [0.05, 0.1) is 17.9 Å². The van der Waals surface area contributed by atoms with E-state index in [4.69, 9.17) is 11.6 Å². The highest BCUT2D eigenvalue weighted by atomic mass is 35.5. The zero-order chi connectivity index (χ0) is 14.8. The molecule has 2 heterocycles. The van der Waals surface area contributed by atoms with Crippen molar-refractivity contribution in [2.24, 2.45) is 0 Å². The summed E-state index contributed by atoms with van der Waals surface area (Å²) in [6.45, 7) is 1.76. The monoisotopic (exact) mass is 311 g/mol. The number of benzene rings is 1. The summed E-state index contributed by atoms with van der Waals surface area (Å²) < 4.78 is 15.4. The van der Waals surface area contributed by atoms with Crippen molar-refractivity contribution in [1.29, 1.82) is 0 Å². The predicted molar refractivity (Wildman–Crippen MR) is 81.0 cm³/mol. The molecule has 1 fully saturated rings. The van der Waals surface area contributed by atoms with E-state index in [0.717, 1.165) is 44.3 Å². The van der Waals surface area contributed by atoms with Gasteiger partial charge >= 0.3 is 0 Å². The smallest absolute Gasteiger partial charge is 0.144 e. The van der Waals surface area contributed by atoms with Crippen molar-refractivity contribution < 1.29 is 9.50 Å².